The Morgan fingerprint density at radius 3 is 1.58 bits per heavy atom. The first-order valence-corrected chi connectivity index (χ1v) is 20.8. The Morgan fingerprint density at radius 2 is 1.15 bits per heavy atom. The highest BCUT2D eigenvalue weighted by Crippen LogP contribution is 2.50. The van der Waals surface area contributed by atoms with Crippen molar-refractivity contribution in [3.05, 3.63) is 104 Å². The Bertz CT molecular complexity index is 2380. The van der Waals surface area contributed by atoms with Crippen LogP contribution in [0.3, 0.4) is 0 Å². The molecular weight excluding hydrogens is 733 g/mol. The third-order valence-electron chi connectivity index (χ3n) is 11.3. The number of carboxylic acids is 1. The molecule has 0 aromatic carbocycles. The Morgan fingerprint density at radius 1 is 0.691 bits per heavy atom. The zero-order valence-electron chi connectivity index (χ0n) is 31.4. The van der Waals surface area contributed by atoms with E-state index in [4.69, 9.17) is 4.74 Å². The molecular formula is C43H44N4O6S2. The maximum atomic E-state index is 13.5. The molecule has 0 radical (unpaired) electrons. The summed E-state index contributed by atoms with van der Waals surface area (Å²) in [6.07, 6.45) is 11.6. The van der Waals surface area contributed by atoms with E-state index in [0.717, 1.165) is 106 Å². The number of nitrogens with one attached hydrogen (secondary N) is 2. The molecule has 4 aromatic rings. The van der Waals surface area contributed by atoms with Gasteiger partial charge in [0, 0.05) is 68.9 Å². The molecule has 4 aromatic heterocycles. The third-order valence-corrected chi connectivity index (χ3v) is 13.2. The second-order valence-electron chi connectivity index (χ2n) is 15.2. The topological polar surface area (TPSA) is 148 Å². The maximum Gasteiger partial charge on any atom is 0.337 e. The van der Waals surface area contributed by atoms with Gasteiger partial charge in [-0.15, -0.1) is 22.7 Å². The number of carbonyl (C=O) groups excluding carboxylic acids is 3. The zero-order valence-corrected chi connectivity index (χ0v) is 33.0. The summed E-state index contributed by atoms with van der Waals surface area (Å²) in [7, 11) is 0. The molecule has 0 spiro atoms. The zero-order chi connectivity index (χ0) is 38.5. The highest BCUT2D eigenvalue weighted by molar-refractivity contribution is 7.17. The molecule has 0 saturated heterocycles. The van der Waals surface area contributed by atoms with Crippen molar-refractivity contribution in [3.8, 4) is 0 Å². The largest absolute Gasteiger partial charge is 0.478 e. The van der Waals surface area contributed by atoms with Gasteiger partial charge >= 0.3 is 11.9 Å². The summed E-state index contributed by atoms with van der Waals surface area (Å²) < 4.78 is 5.98. The second kappa shape index (κ2) is 15.0. The average Bonchev–Trinajstić information content (AvgIpc) is 4.05. The first-order valence-electron chi connectivity index (χ1n) is 19.1. The summed E-state index contributed by atoms with van der Waals surface area (Å²) in [6.45, 7) is 6.89. The van der Waals surface area contributed by atoms with Crippen LogP contribution in [0.5, 0.6) is 0 Å². The van der Waals surface area contributed by atoms with E-state index in [1.165, 1.54) is 18.3 Å². The van der Waals surface area contributed by atoms with Gasteiger partial charge in [-0.25, -0.2) is 19.6 Å². The second-order valence-corrected chi connectivity index (χ2v) is 16.9. The molecule has 284 valence electrons. The molecule has 2 atom stereocenters. The predicted octanol–water partition coefficient (Wildman–Crippen LogP) is 8.59. The molecule has 2 aliphatic heterocycles. The number of esters is 1. The van der Waals surface area contributed by atoms with E-state index in [1.807, 2.05) is 43.5 Å². The van der Waals surface area contributed by atoms with E-state index in [0.29, 0.717) is 28.2 Å². The van der Waals surface area contributed by atoms with Crippen molar-refractivity contribution in [2.24, 2.45) is 11.8 Å². The van der Waals surface area contributed by atoms with Gasteiger partial charge in [-0.1, -0.05) is 12.1 Å². The summed E-state index contributed by atoms with van der Waals surface area (Å²) >= 11 is 3.04. The van der Waals surface area contributed by atoms with Crippen LogP contribution >= 0.6 is 22.7 Å². The van der Waals surface area contributed by atoms with E-state index < -0.39 is 17.8 Å². The van der Waals surface area contributed by atoms with Gasteiger partial charge in [0.05, 0.1) is 11.1 Å². The fraction of sp³-hybridized carbons (Fsp3) is 0.395. The minimum absolute atomic E-state index is 0.0141. The summed E-state index contributed by atoms with van der Waals surface area (Å²) in [6, 6.07) is 7.72. The van der Waals surface area contributed by atoms with Crippen molar-refractivity contribution in [1.82, 2.24) is 20.6 Å². The lowest BCUT2D eigenvalue weighted by molar-refractivity contribution is -0.144. The minimum Gasteiger partial charge on any atom is -0.478 e. The number of nitrogens with zero attached hydrogens (tertiary/aromatic N) is 2. The lowest BCUT2D eigenvalue weighted by Crippen LogP contribution is -2.33. The van der Waals surface area contributed by atoms with Gasteiger partial charge in [0.25, 0.3) is 0 Å². The number of dihydropyridines is 2. The van der Waals surface area contributed by atoms with Gasteiger partial charge in [0.1, 0.15) is 15.8 Å². The van der Waals surface area contributed by atoms with Gasteiger partial charge in [-0.3, -0.25) is 9.59 Å². The van der Waals surface area contributed by atoms with Crippen molar-refractivity contribution in [2.45, 2.75) is 97.0 Å². The Balaban J connectivity index is 0.000000158. The number of hydrogen-bond donors (Lipinski definition) is 3. The Kier molecular flexibility index (Phi) is 10.1. The van der Waals surface area contributed by atoms with Gasteiger partial charge in [0.2, 0.25) is 0 Å². The first kappa shape index (κ1) is 37.0. The molecule has 12 heteroatoms. The van der Waals surface area contributed by atoms with Crippen LogP contribution in [0.2, 0.25) is 0 Å². The number of fused-ring (bicyclic) bond motifs is 2. The molecule has 9 rings (SSSR count). The number of thiophene rings is 2. The van der Waals surface area contributed by atoms with Gasteiger partial charge in [-0.2, -0.15) is 0 Å². The molecule has 10 nitrogen and oxygen atoms in total. The number of hydrogen-bond acceptors (Lipinski definition) is 11. The Labute approximate surface area is 327 Å². The molecule has 55 heavy (non-hydrogen) atoms. The normalized spacial score (nSPS) is 21.7. The van der Waals surface area contributed by atoms with Crippen molar-refractivity contribution < 1.29 is 29.0 Å². The molecule has 3 N–H and O–H groups in total. The molecule has 0 bridgehead atoms. The maximum absolute atomic E-state index is 13.5. The average molecular weight is 777 g/mol. The predicted molar refractivity (Wildman–Crippen MR) is 213 cm³/mol. The van der Waals surface area contributed by atoms with Crippen LogP contribution in [-0.2, 0) is 23.9 Å². The van der Waals surface area contributed by atoms with Crippen molar-refractivity contribution in [2.75, 3.05) is 0 Å². The SMILES string of the molecule is CC(=O)C1=C(C)NC(C2CC2)=C(C(=O)O)C1c1csc2ncccc12.CC(=O)C1=C(C)NC(C2CC2)=C(C(=O)OC2CCCC2)C1c1csc2ncccc12. The number of aliphatic carboxylic acids is 1. The number of aromatic nitrogens is 2. The van der Waals surface area contributed by atoms with Crippen LogP contribution in [0, 0.1) is 11.8 Å². The first-order chi connectivity index (χ1) is 26.5. The number of ketones is 2. The molecule has 3 saturated carbocycles. The van der Waals surface area contributed by atoms with Crippen LogP contribution in [0.4, 0.5) is 0 Å². The number of rotatable bonds is 9. The van der Waals surface area contributed by atoms with Crippen molar-refractivity contribution in [3.63, 3.8) is 0 Å². The van der Waals surface area contributed by atoms with E-state index in [2.05, 4.69) is 26.0 Å². The molecule has 3 aliphatic carbocycles. The summed E-state index contributed by atoms with van der Waals surface area (Å²) in [5, 5.41) is 22.5. The monoisotopic (exact) mass is 776 g/mol. The smallest absolute Gasteiger partial charge is 0.337 e. The fourth-order valence-corrected chi connectivity index (χ4v) is 10.4. The molecule has 6 heterocycles. The molecule has 0 amide bonds. The summed E-state index contributed by atoms with van der Waals surface area (Å²) in [5.41, 5.74) is 7.28. The number of ether oxygens (including phenoxy) is 1. The van der Waals surface area contributed by atoms with E-state index in [-0.39, 0.29) is 29.6 Å². The van der Waals surface area contributed by atoms with Crippen molar-refractivity contribution >= 4 is 66.6 Å². The lowest BCUT2D eigenvalue weighted by Gasteiger charge is -2.32. The highest BCUT2D eigenvalue weighted by Gasteiger charge is 2.44. The summed E-state index contributed by atoms with van der Waals surface area (Å²) in [5.74, 6) is -1.73. The van der Waals surface area contributed by atoms with E-state index in [9.17, 15) is 24.3 Å². The number of carboxylic acid groups (broad SMARTS) is 1. The summed E-state index contributed by atoms with van der Waals surface area (Å²) in [4.78, 5) is 61.5. The van der Waals surface area contributed by atoms with Crippen LogP contribution in [-0.4, -0.2) is 44.7 Å². The fourth-order valence-electron chi connectivity index (χ4n) is 8.56. The Hall–Kier alpha value is -4.94. The van der Waals surface area contributed by atoms with Crippen LogP contribution in [0.1, 0.15) is 102 Å². The lowest BCUT2D eigenvalue weighted by atomic mass is 9.78. The molecule has 2 unspecified atom stereocenters. The standard InChI is InChI=1S/C24H26N2O3S.C19H18N2O3S/c1-13-19(14(2)27)20(18-12-30-23-17(18)8-5-11-25-23)21(22(26-13)15-9-10-15)24(28)29-16-6-3-4-7-16;1-9-14(10(2)22)15(13-8-25-18-12(13)4-3-7-20-18)16(19(23)24)17(21-9)11-5-6-11/h5,8,11-12,15-16,20,26H,3-4,6-7,9-10H2,1-2H3;3-4,7-8,11,15,21H,5-6H2,1-2H3,(H,23,24). The number of carbonyl (C=O) groups is 4. The molecule has 3 fully saturated rings. The van der Waals surface area contributed by atoms with E-state index in [1.54, 1.807) is 30.7 Å². The minimum atomic E-state index is -0.964. The quantitative estimate of drug-likeness (QED) is 0.141. The van der Waals surface area contributed by atoms with Crippen molar-refractivity contribution in [1.29, 1.82) is 0 Å². The van der Waals surface area contributed by atoms with Crippen LogP contribution in [0.15, 0.2) is 92.5 Å². The van der Waals surface area contributed by atoms with Gasteiger partial charge in [-0.05, 0) is 125 Å². The van der Waals surface area contributed by atoms with Gasteiger partial charge in [0.15, 0.2) is 11.6 Å². The number of allylic oxidation sites excluding steroid dienone is 6. The van der Waals surface area contributed by atoms with Crippen LogP contribution < -0.4 is 10.6 Å². The van der Waals surface area contributed by atoms with E-state index >= 15 is 0 Å². The highest BCUT2D eigenvalue weighted by atomic mass is 32.1. The number of Topliss-reactive ketones (excluding diaryl/α,β-unsaturated/α-hetero) is 2. The number of pyridine rings is 2. The third kappa shape index (κ3) is 7.06. The molecule has 5 aliphatic rings. The van der Waals surface area contributed by atoms with Crippen LogP contribution in [0.25, 0.3) is 20.4 Å². The van der Waals surface area contributed by atoms with Gasteiger partial charge < -0.3 is 20.5 Å².